The Morgan fingerprint density at radius 2 is 2.17 bits per heavy atom. The molecule has 5 heteroatoms. The molecule has 0 radical (unpaired) electrons. The summed E-state index contributed by atoms with van der Waals surface area (Å²) in [6.45, 7) is 0. The molecule has 1 saturated carbocycles. The van der Waals surface area contributed by atoms with Crippen LogP contribution in [0.15, 0.2) is 0 Å². The Morgan fingerprint density at radius 1 is 1.50 bits per heavy atom. The number of amides is 3. The molecule has 0 bridgehead atoms. The van der Waals surface area contributed by atoms with Crippen molar-refractivity contribution < 1.29 is 14.3 Å². The number of ether oxygens (including phenoxy) is 1. The maximum atomic E-state index is 11.2. The van der Waals surface area contributed by atoms with Crippen molar-refractivity contribution in [1.29, 1.82) is 0 Å². The van der Waals surface area contributed by atoms with Gasteiger partial charge in [0.15, 0.2) is 0 Å². The van der Waals surface area contributed by atoms with Gasteiger partial charge in [-0.1, -0.05) is 0 Å². The van der Waals surface area contributed by atoms with E-state index in [1.54, 1.807) is 7.11 Å². The highest BCUT2D eigenvalue weighted by atomic mass is 16.5. The topological polar surface area (TPSA) is 67.4 Å². The van der Waals surface area contributed by atoms with Crippen LogP contribution < -0.4 is 10.6 Å². The van der Waals surface area contributed by atoms with Gasteiger partial charge in [0.2, 0.25) is 0 Å². The molecule has 2 fully saturated rings. The van der Waals surface area contributed by atoms with Crippen LogP contribution in [0.3, 0.4) is 0 Å². The summed E-state index contributed by atoms with van der Waals surface area (Å²) in [5.41, 5.74) is -0.655. The molecule has 1 aliphatic carbocycles. The van der Waals surface area contributed by atoms with Gasteiger partial charge in [0, 0.05) is 20.0 Å². The molecule has 1 spiro atoms. The minimum absolute atomic E-state index is 0.106. The fourth-order valence-corrected chi connectivity index (χ4v) is 1.70. The first-order valence-electron chi connectivity index (χ1n) is 3.83. The van der Waals surface area contributed by atoms with Gasteiger partial charge >= 0.3 is 6.03 Å². The summed E-state index contributed by atoms with van der Waals surface area (Å²) in [6, 6.07) is -0.394. The first kappa shape index (κ1) is 7.54. The molecule has 2 aliphatic rings. The first-order chi connectivity index (χ1) is 5.66. The molecule has 2 N–H and O–H groups in total. The normalized spacial score (nSPS) is 39.2. The van der Waals surface area contributed by atoms with E-state index in [0.717, 1.165) is 0 Å². The average Bonchev–Trinajstić information content (AvgIpc) is 2.22. The van der Waals surface area contributed by atoms with Crippen molar-refractivity contribution in [1.82, 2.24) is 10.6 Å². The number of urea groups is 1. The van der Waals surface area contributed by atoms with Crippen LogP contribution in [0.25, 0.3) is 0 Å². The molecule has 3 amide bonds. The third-order valence-electron chi connectivity index (χ3n) is 2.50. The van der Waals surface area contributed by atoms with Gasteiger partial charge in [-0.3, -0.25) is 10.1 Å². The second-order valence-corrected chi connectivity index (χ2v) is 3.26. The van der Waals surface area contributed by atoms with Crippen LogP contribution in [0.1, 0.15) is 12.8 Å². The number of nitrogens with one attached hydrogen (secondary N) is 2. The van der Waals surface area contributed by atoms with Crippen LogP contribution in [-0.4, -0.2) is 30.7 Å². The van der Waals surface area contributed by atoms with E-state index in [-0.39, 0.29) is 12.0 Å². The van der Waals surface area contributed by atoms with Crippen molar-refractivity contribution in [2.24, 2.45) is 0 Å². The minimum Gasteiger partial charge on any atom is -0.381 e. The molecule has 1 heterocycles. The Kier molecular flexibility index (Phi) is 1.38. The second kappa shape index (κ2) is 2.20. The number of carbonyl (C=O) groups is 2. The molecule has 1 saturated heterocycles. The summed E-state index contributed by atoms with van der Waals surface area (Å²) in [6.07, 6.45) is 1.27. The Morgan fingerprint density at radius 3 is 2.58 bits per heavy atom. The van der Waals surface area contributed by atoms with E-state index in [0.29, 0.717) is 12.8 Å². The molecular weight excluding hydrogens is 160 g/mol. The van der Waals surface area contributed by atoms with Gasteiger partial charge in [-0.2, -0.15) is 0 Å². The van der Waals surface area contributed by atoms with Gasteiger partial charge in [0.1, 0.15) is 5.54 Å². The fraction of sp³-hybridized carbons (Fsp3) is 0.714. The highest BCUT2D eigenvalue weighted by Crippen LogP contribution is 2.36. The zero-order chi connectivity index (χ0) is 8.77. The Bertz CT molecular complexity index is 245. The highest BCUT2D eigenvalue weighted by molar-refractivity contribution is 6.07. The molecule has 2 rings (SSSR count). The summed E-state index contributed by atoms with van der Waals surface area (Å²) >= 11 is 0. The summed E-state index contributed by atoms with van der Waals surface area (Å²) in [5.74, 6) is -0.221. The van der Waals surface area contributed by atoms with Gasteiger partial charge in [0.05, 0.1) is 6.10 Å². The van der Waals surface area contributed by atoms with E-state index in [9.17, 15) is 9.59 Å². The van der Waals surface area contributed by atoms with Crippen molar-refractivity contribution in [3.05, 3.63) is 0 Å². The highest BCUT2D eigenvalue weighted by Gasteiger charge is 2.55. The maximum Gasteiger partial charge on any atom is 0.322 e. The van der Waals surface area contributed by atoms with Gasteiger partial charge in [0.25, 0.3) is 5.91 Å². The lowest BCUT2D eigenvalue weighted by atomic mass is 9.74. The van der Waals surface area contributed by atoms with Crippen LogP contribution in [0.4, 0.5) is 4.79 Å². The lowest BCUT2D eigenvalue weighted by Gasteiger charge is -2.41. The monoisotopic (exact) mass is 170 g/mol. The third-order valence-corrected chi connectivity index (χ3v) is 2.50. The summed E-state index contributed by atoms with van der Waals surface area (Å²) in [4.78, 5) is 22.0. The minimum atomic E-state index is -0.655. The zero-order valence-corrected chi connectivity index (χ0v) is 6.72. The quantitative estimate of drug-likeness (QED) is 0.515. The Hall–Kier alpha value is -1.10. The van der Waals surface area contributed by atoms with E-state index in [2.05, 4.69) is 10.6 Å². The van der Waals surface area contributed by atoms with Gasteiger partial charge in [-0.25, -0.2) is 4.79 Å². The molecule has 0 aromatic carbocycles. The van der Waals surface area contributed by atoms with E-state index in [4.69, 9.17) is 4.74 Å². The van der Waals surface area contributed by atoms with Crippen LogP contribution in [-0.2, 0) is 9.53 Å². The van der Waals surface area contributed by atoms with Gasteiger partial charge < -0.3 is 10.1 Å². The van der Waals surface area contributed by atoms with Crippen molar-refractivity contribution in [2.45, 2.75) is 24.5 Å². The average molecular weight is 170 g/mol. The number of methoxy groups -OCH3 is 1. The van der Waals surface area contributed by atoms with Crippen molar-refractivity contribution >= 4 is 11.9 Å². The third kappa shape index (κ3) is 0.828. The van der Waals surface area contributed by atoms with Crippen LogP contribution >= 0.6 is 0 Å². The van der Waals surface area contributed by atoms with Crippen molar-refractivity contribution in [2.75, 3.05) is 7.11 Å². The molecule has 0 unspecified atom stereocenters. The Balaban J connectivity index is 2.06. The van der Waals surface area contributed by atoms with Crippen LogP contribution in [0.5, 0.6) is 0 Å². The lowest BCUT2D eigenvalue weighted by Crippen LogP contribution is -2.59. The molecule has 66 valence electrons. The van der Waals surface area contributed by atoms with Gasteiger partial charge in [-0.05, 0) is 0 Å². The van der Waals surface area contributed by atoms with E-state index in [1.807, 2.05) is 0 Å². The van der Waals surface area contributed by atoms with Crippen molar-refractivity contribution in [3.8, 4) is 0 Å². The number of hydrogen-bond acceptors (Lipinski definition) is 3. The number of carbonyl (C=O) groups excluding carboxylic acids is 2. The first-order valence-corrected chi connectivity index (χ1v) is 3.83. The molecule has 12 heavy (non-hydrogen) atoms. The predicted octanol–water partition coefficient (Wildman–Crippen LogP) is -0.627. The number of rotatable bonds is 1. The lowest BCUT2D eigenvalue weighted by molar-refractivity contribution is -0.132. The smallest absolute Gasteiger partial charge is 0.322 e. The standard InChI is InChI=1S/C7H10N2O3/c1-12-4-2-7(3-4)5(10)8-6(11)9-7/h4H,2-3H2,1H3,(H2,8,9,10,11). The Labute approximate surface area is 69.5 Å². The summed E-state index contributed by atoms with van der Waals surface area (Å²) < 4.78 is 5.03. The molecular formula is C7H10N2O3. The number of imide groups is 1. The SMILES string of the molecule is COC1CC2(C1)NC(=O)NC2=O. The second-order valence-electron chi connectivity index (χ2n) is 3.26. The summed E-state index contributed by atoms with van der Waals surface area (Å²) in [5, 5.41) is 4.81. The largest absolute Gasteiger partial charge is 0.381 e. The van der Waals surface area contributed by atoms with E-state index >= 15 is 0 Å². The molecule has 5 nitrogen and oxygen atoms in total. The fourth-order valence-electron chi connectivity index (χ4n) is 1.70. The molecule has 0 aromatic rings. The maximum absolute atomic E-state index is 11.2. The molecule has 1 aliphatic heterocycles. The van der Waals surface area contributed by atoms with Crippen molar-refractivity contribution in [3.63, 3.8) is 0 Å². The van der Waals surface area contributed by atoms with Gasteiger partial charge in [-0.15, -0.1) is 0 Å². The molecule has 0 atom stereocenters. The van der Waals surface area contributed by atoms with Crippen LogP contribution in [0, 0.1) is 0 Å². The predicted molar refractivity (Wildman–Crippen MR) is 39.4 cm³/mol. The number of hydrogen-bond donors (Lipinski definition) is 2. The van der Waals surface area contributed by atoms with Crippen LogP contribution in [0.2, 0.25) is 0 Å². The zero-order valence-electron chi connectivity index (χ0n) is 6.72. The summed E-state index contributed by atoms with van der Waals surface area (Å²) in [7, 11) is 1.60. The molecule has 0 aromatic heterocycles. The van der Waals surface area contributed by atoms with E-state index in [1.165, 1.54) is 0 Å². The van der Waals surface area contributed by atoms with E-state index < -0.39 is 11.6 Å².